The Morgan fingerprint density at radius 2 is 1.72 bits per heavy atom. The largest absolute Gasteiger partial charge is 0.419 e. The van der Waals surface area contributed by atoms with Crippen LogP contribution in [-0.4, -0.2) is 10.8 Å². The van der Waals surface area contributed by atoms with E-state index in [-0.39, 0.29) is 22.4 Å². The van der Waals surface area contributed by atoms with Crippen LogP contribution in [0.15, 0.2) is 42.5 Å². The van der Waals surface area contributed by atoms with Gasteiger partial charge in [0, 0.05) is 17.7 Å². The molecule has 2 N–H and O–H groups in total. The van der Waals surface area contributed by atoms with Gasteiger partial charge < -0.3 is 5.73 Å². The van der Waals surface area contributed by atoms with Gasteiger partial charge in [0.15, 0.2) is 0 Å². The molecule has 0 bridgehead atoms. The van der Waals surface area contributed by atoms with Crippen LogP contribution < -0.4 is 5.73 Å². The Morgan fingerprint density at radius 3 is 2.20 bits per heavy atom. The van der Waals surface area contributed by atoms with E-state index in [1.54, 1.807) is 0 Å². The minimum Gasteiger partial charge on any atom is -0.366 e. The SMILES string of the molecule is NC(=O)/C(=C/c1ccc(F)c(C(F)(F)F)c1)c1ccc([N+](=O)[O-])cc1. The number of hydrogen-bond acceptors (Lipinski definition) is 3. The number of primary amides is 1. The van der Waals surface area contributed by atoms with Crippen molar-refractivity contribution in [2.75, 3.05) is 0 Å². The van der Waals surface area contributed by atoms with Gasteiger partial charge in [-0.2, -0.15) is 13.2 Å². The number of carbonyl (C=O) groups excluding carboxylic acids is 1. The summed E-state index contributed by atoms with van der Waals surface area (Å²) in [5, 5.41) is 10.6. The monoisotopic (exact) mass is 354 g/mol. The number of nitro groups is 1. The number of nitro benzene ring substituents is 1. The third-order valence-electron chi connectivity index (χ3n) is 3.26. The van der Waals surface area contributed by atoms with Gasteiger partial charge in [0.25, 0.3) is 5.69 Å². The van der Waals surface area contributed by atoms with Gasteiger partial charge in [0.1, 0.15) is 5.82 Å². The molecule has 2 rings (SSSR count). The molecule has 0 saturated carbocycles. The smallest absolute Gasteiger partial charge is 0.366 e. The second-order valence-electron chi connectivity index (χ2n) is 4.96. The Balaban J connectivity index is 2.51. The fourth-order valence-corrected chi connectivity index (χ4v) is 2.08. The van der Waals surface area contributed by atoms with Crippen molar-refractivity contribution in [3.05, 3.63) is 75.1 Å². The summed E-state index contributed by atoms with van der Waals surface area (Å²) in [7, 11) is 0. The summed E-state index contributed by atoms with van der Waals surface area (Å²) in [6.07, 6.45) is -3.84. The Morgan fingerprint density at radius 1 is 1.12 bits per heavy atom. The molecule has 0 radical (unpaired) electrons. The second kappa shape index (κ2) is 6.71. The van der Waals surface area contributed by atoms with E-state index in [9.17, 15) is 32.5 Å². The van der Waals surface area contributed by atoms with Crippen LogP contribution in [0.5, 0.6) is 0 Å². The van der Waals surface area contributed by atoms with Gasteiger partial charge in [-0.1, -0.05) is 6.07 Å². The number of halogens is 4. The molecule has 0 spiro atoms. The Hall–Kier alpha value is -3.23. The van der Waals surface area contributed by atoms with E-state index in [1.165, 1.54) is 12.1 Å². The Bertz CT molecular complexity index is 859. The van der Waals surface area contributed by atoms with Gasteiger partial charge in [-0.05, 0) is 41.5 Å². The van der Waals surface area contributed by atoms with Crippen LogP contribution in [-0.2, 0) is 11.0 Å². The third-order valence-corrected chi connectivity index (χ3v) is 3.26. The number of rotatable bonds is 4. The van der Waals surface area contributed by atoms with E-state index < -0.39 is 28.4 Å². The van der Waals surface area contributed by atoms with Crippen LogP contribution in [0.2, 0.25) is 0 Å². The lowest BCUT2D eigenvalue weighted by Crippen LogP contribution is -2.13. The van der Waals surface area contributed by atoms with E-state index in [0.717, 1.165) is 24.3 Å². The fourth-order valence-electron chi connectivity index (χ4n) is 2.08. The lowest BCUT2D eigenvalue weighted by atomic mass is 10.0. The molecule has 25 heavy (non-hydrogen) atoms. The Kier molecular flexibility index (Phi) is 4.87. The highest BCUT2D eigenvalue weighted by Crippen LogP contribution is 2.32. The summed E-state index contributed by atoms with van der Waals surface area (Å²) in [5.74, 6) is -2.40. The van der Waals surface area contributed by atoms with Gasteiger partial charge in [-0.15, -0.1) is 0 Å². The van der Waals surface area contributed by atoms with E-state index in [2.05, 4.69) is 0 Å². The zero-order chi connectivity index (χ0) is 18.8. The molecule has 0 unspecified atom stereocenters. The molecule has 2 aromatic carbocycles. The number of carbonyl (C=O) groups is 1. The normalized spacial score (nSPS) is 12.1. The van der Waals surface area contributed by atoms with E-state index >= 15 is 0 Å². The van der Waals surface area contributed by atoms with Crippen molar-refractivity contribution in [3.8, 4) is 0 Å². The first kappa shape index (κ1) is 18.1. The van der Waals surface area contributed by atoms with Gasteiger partial charge in [0.05, 0.1) is 10.5 Å². The average Bonchev–Trinajstić information content (AvgIpc) is 2.52. The maximum atomic E-state index is 13.3. The highest BCUT2D eigenvalue weighted by atomic mass is 19.4. The zero-order valence-electron chi connectivity index (χ0n) is 12.4. The summed E-state index contributed by atoms with van der Waals surface area (Å²) >= 11 is 0. The summed E-state index contributed by atoms with van der Waals surface area (Å²) < 4.78 is 51.6. The maximum absolute atomic E-state index is 13.3. The number of alkyl halides is 3. The van der Waals surface area contributed by atoms with E-state index in [4.69, 9.17) is 5.73 Å². The lowest BCUT2D eigenvalue weighted by Gasteiger charge is -2.09. The highest BCUT2D eigenvalue weighted by Gasteiger charge is 2.34. The second-order valence-corrected chi connectivity index (χ2v) is 4.96. The molecular formula is C16H10F4N2O3. The predicted molar refractivity (Wildman–Crippen MR) is 81.6 cm³/mol. The van der Waals surface area contributed by atoms with Crippen LogP contribution >= 0.6 is 0 Å². The fraction of sp³-hybridized carbons (Fsp3) is 0.0625. The molecule has 5 nitrogen and oxygen atoms in total. The van der Waals surface area contributed by atoms with Crippen LogP contribution in [0.1, 0.15) is 16.7 Å². The molecule has 0 aliphatic heterocycles. The summed E-state index contributed by atoms with van der Waals surface area (Å²) in [6.45, 7) is 0. The summed E-state index contributed by atoms with van der Waals surface area (Å²) in [4.78, 5) is 21.6. The molecule has 0 fully saturated rings. The number of amides is 1. The molecule has 0 aromatic heterocycles. The molecule has 2 aromatic rings. The molecule has 130 valence electrons. The minimum atomic E-state index is -4.89. The molecular weight excluding hydrogens is 344 g/mol. The molecule has 0 atom stereocenters. The third kappa shape index (κ3) is 4.19. The molecule has 0 aliphatic rings. The number of non-ortho nitro benzene ring substituents is 1. The first-order valence-electron chi connectivity index (χ1n) is 6.72. The van der Waals surface area contributed by atoms with Gasteiger partial charge in [0.2, 0.25) is 5.91 Å². The van der Waals surface area contributed by atoms with Crippen LogP contribution in [0, 0.1) is 15.9 Å². The number of nitrogens with two attached hydrogens (primary N) is 1. The first-order valence-corrected chi connectivity index (χ1v) is 6.72. The van der Waals surface area contributed by atoms with Crippen molar-refractivity contribution in [2.24, 2.45) is 5.73 Å². The quantitative estimate of drug-likeness (QED) is 0.298. The lowest BCUT2D eigenvalue weighted by molar-refractivity contribution is -0.384. The molecule has 0 aliphatic carbocycles. The first-order chi connectivity index (χ1) is 11.6. The van der Waals surface area contributed by atoms with Crippen molar-refractivity contribution < 1.29 is 27.3 Å². The minimum absolute atomic E-state index is 0.0964. The van der Waals surface area contributed by atoms with Crippen LogP contribution in [0.3, 0.4) is 0 Å². The zero-order valence-corrected chi connectivity index (χ0v) is 12.4. The van der Waals surface area contributed by atoms with Gasteiger partial charge >= 0.3 is 6.18 Å². The predicted octanol–water partition coefficient (Wildman–Crippen LogP) is 3.78. The van der Waals surface area contributed by atoms with Crippen LogP contribution in [0.25, 0.3) is 11.6 Å². The maximum Gasteiger partial charge on any atom is 0.419 e. The summed E-state index contributed by atoms with van der Waals surface area (Å²) in [5.41, 5.74) is 3.43. The van der Waals surface area contributed by atoms with E-state index in [0.29, 0.717) is 12.1 Å². The van der Waals surface area contributed by atoms with Crippen molar-refractivity contribution in [3.63, 3.8) is 0 Å². The van der Waals surface area contributed by atoms with Crippen molar-refractivity contribution in [1.82, 2.24) is 0 Å². The Labute approximate surface area is 138 Å². The molecule has 0 heterocycles. The van der Waals surface area contributed by atoms with Crippen molar-refractivity contribution in [1.29, 1.82) is 0 Å². The highest BCUT2D eigenvalue weighted by molar-refractivity contribution is 6.23. The number of nitrogens with zero attached hydrogens (tertiary/aromatic N) is 1. The standard InChI is InChI=1S/C16H10F4N2O3/c17-14-6-1-9(8-13(14)16(18,19)20)7-12(15(21)23)10-2-4-11(5-3-10)22(24)25/h1-8H,(H2,21,23)/b12-7+. The molecule has 0 saturated heterocycles. The average molecular weight is 354 g/mol. The van der Waals surface area contributed by atoms with Crippen molar-refractivity contribution >= 4 is 23.2 Å². The summed E-state index contributed by atoms with van der Waals surface area (Å²) in [6, 6.07) is 6.95. The topological polar surface area (TPSA) is 86.2 Å². The molecule has 9 heteroatoms. The molecule has 1 amide bonds. The number of hydrogen-bond donors (Lipinski definition) is 1. The van der Waals surface area contributed by atoms with Gasteiger partial charge in [-0.3, -0.25) is 14.9 Å². The van der Waals surface area contributed by atoms with Crippen LogP contribution in [0.4, 0.5) is 23.2 Å². The number of benzene rings is 2. The van der Waals surface area contributed by atoms with Gasteiger partial charge in [-0.25, -0.2) is 4.39 Å². The van der Waals surface area contributed by atoms with E-state index in [1.807, 2.05) is 0 Å². The van der Waals surface area contributed by atoms with Crippen molar-refractivity contribution in [2.45, 2.75) is 6.18 Å².